The molecule has 0 aliphatic heterocycles. The molecule has 0 spiro atoms. The van der Waals surface area contributed by atoms with E-state index >= 15 is 0 Å². The lowest BCUT2D eigenvalue weighted by Crippen LogP contribution is -2.15. The largest absolute Gasteiger partial charge is 0.394 e. The second-order valence-corrected chi connectivity index (χ2v) is 2.66. The molecule has 0 saturated heterocycles. The molecule has 0 aliphatic rings. The van der Waals surface area contributed by atoms with Gasteiger partial charge in [-0.2, -0.15) is 4.98 Å². The Hall–Kier alpha value is -0.980. The van der Waals surface area contributed by atoms with Gasteiger partial charge >= 0.3 is 0 Å². The maximum atomic E-state index is 8.71. The molecule has 0 bridgehead atoms. The summed E-state index contributed by atoms with van der Waals surface area (Å²) in [7, 11) is 1.55. The molecule has 0 radical (unpaired) electrons. The second kappa shape index (κ2) is 4.31. The van der Waals surface area contributed by atoms with Gasteiger partial charge in [-0.3, -0.25) is 0 Å². The quantitative estimate of drug-likeness (QED) is 0.676. The summed E-state index contributed by atoms with van der Waals surface area (Å²) in [5.74, 6) is 0.655. The lowest BCUT2D eigenvalue weighted by atomic mass is 10.3. The van der Waals surface area contributed by atoms with Crippen molar-refractivity contribution < 1.29 is 14.4 Å². The third kappa shape index (κ3) is 2.24. The fourth-order valence-corrected chi connectivity index (χ4v) is 0.746. The van der Waals surface area contributed by atoms with Crippen molar-refractivity contribution in [1.29, 1.82) is 0 Å². The molecule has 1 aromatic rings. The number of ether oxygens (including phenoxy) is 1. The summed E-state index contributed by atoms with van der Waals surface area (Å²) >= 11 is 0. The maximum Gasteiger partial charge on any atom is 0.246 e. The topological polar surface area (TPSA) is 94.4 Å². The van der Waals surface area contributed by atoms with E-state index in [0.29, 0.717) is 5.82 Å². The number of hydrogen-bond donors (Lipinski definition) is 2. The van der Waals surface area contributed by atoms with Gasteiger partial charge in [0.25, 0.3) is 0 Å². The van der Waals surface area contributed by atoms with Gasteiger partial charge in [0, 0.05) is 7.11 Å². The van der Waals surface area contributed by atoms with Crippen LogP contribution >= 0.6 is 0 Å². The first-order chi connectivity index (χ1) is 6.19. The van der Waals surface area contributed by atoms with E-state index < -0.39 is 6.04 Å². The Morgan fingerprint density at radius 1 is 1.69 bits per heavy atom. The molecule has 2 atom stereocenters. The zero-order chi connectivity index (χ0) is 9.84. The number of rotatable bonds is 4. The van der Waals surface area contributed by atoms with Crippen LogP contribution in [0.4, 0.5) is 0 Å². The Kier molecular flexibility index (Phi) is 3.35. The number of hydrogen-bond acceptors (Lipinski definition) is 6. The Morgan fingerprint density at radius 3 is 2.92 bits per heavy atom. The SMILES string of the molecule is COC(C)c1noc([C@H](N)CO)n1. The van der Waals surface area contributed by atoms with Gasteiger partial charge in [-0.25, -0.2) is 0 Å². The standard InChI is InChI=1S/C7H13N3O3/c1-4(12-2)6-9-7(13-10-6)5(8)3-11/h4-5,11H,3,8H2,1-2H3/t4?,5-/m1/s1. The molecule has 6 nitrogen and oxygen atoms in total. The van der Waals surface area contributed by atoms with E-state index in [1.807, 2.05) is 0 Å². The molecule has 1 unspecified atom stereocenters. The first kappa shape index (κ1) is 10.1. The number of aliphatic hydroxyl groups excluding tert-OH is 1. The molecule has 6 heteroatoms. The third-order valence-electron chi connectivity index (χ3n) is 1.69. The molecular formula is C7H13N3O3. The smallest absolute Gasteiger partial charge is 0.246 e. The van der Waals surface area contributed by atoms with Gasteiger partial charge in [0.15, 0.2) is 5.82 Å². The van der Waals surface area contributed by atoms with Crippen LogP contribution < -0.4 is 5.73 Å². The summed E-state index contributed by atoms with van der Waals surface area (Å²) < 4.78 is 9.79. The van der Waals surface area contributed by atoms with Gasteiger partial charge < -0.3 is 20.1 Å². The van der Waals surface area contributed by atoms with Crippen LogP contribution in [0.15, 0.2) is 4.52 Å². The predicted molar refractivity (Wildman–Crippen MR) is 43.7 cm³/mol. The average molecular weight is 187 g/mol. The minimum Gasteiger partial charge on any atom is -0.394 e. The Balaban J connectivity index is 2.74. The Morgan fingerprint density at radius 2 is 2.38 bits per heavy atom. The van der Waals surface area contributed by atoms with Crippen LogP contribution in [-0.4, -0.2) is 29.0 Å². The summed E-state index contributed by atoms with van der Waals surface area (Å²) in [5, 5.41) is 12.4. The van der Waals surface area contributed by atoms with Crippen molar-refractivity contribution in [3.05, 3.63) is 11.7 Å². The summed E-state index contributed by atoms with van der Waals surface area (Å²) in [4.78, 5) is 3.96. The normalized spacial score (nSPS) is 15.7. The van der Waals surface area contributed by atoms with Gasteiger partial charge in [-0.1, -0.05) is 5.16 Å². The van der Waals surface area contributed by atoms with Crippen LogP contribution in [0.25, 0.3) is 0 Å². The molecule has 74 valence electrons. The first-order valence-electron chi connectivity index (χ1n) is 3.91. The Bertz CT molecular complexity index is 239. The summed E-state index contributed by atoms with van der Waals surface area (Å²) in [5.41, 5.74) is 5.46. The number of nitrogens with zero attached hydrogens (tertiary/aromatic N) is 2. The van der Waals surface area contributed by atoms with Crippen LogP contribution in [0, 0.1) is 0 Å². The second-order valence-electron chi connectivity index (χ2n) is 2.66. The van der Waals surface area contributed by atoms with Crippen molar-refractivity contribution in [2.75, 3.05) is 13.7 Å². The molecule has 0 aliphatic carbocycles. The van der Waals surface area contributed by atoms with Crippen LogP contribution in [0.2, 0.25) is 0 Å². The van der Waals surface area contributed by atoms with Crippen molar-refractivity contribution in [3.8, 4) is 0 Å². The van der Waals surface area contributed by atoms with E-state index in [0.717, 1.165) is 0 Å². The maximum absolute atomic E-state index is 8.71. The van der Waals surface area contributed by atoms with E-state index in [1.54, 1.807) is 14.0 Å². The fraction of sp³-hybridized carbons (Fsp3) is 0.714. The highest BCUT2D eigenvalue weighted by molar-refractivity contribution is 4.93. The molecule has 0 aromatic carbocycles. The van der Waals surface area contributed by atoms with Crippen molar-refractivity contribution in [3.63, 3.8) is 0 Å². The van der Waals surface area contributed by atoms with Crippen LogP contribution in [0.3, 0.4) is 0 Å². The van der Waals surface area contributed by atoms with Crippen LogP contribution in [0.5, 0.6) is 0 Å². The molecule has 0 saturated carbocycles. The number of aromatic nitrogens is 2. The highest BCUT2D eigenvalue weighted by atomic mass is 16.5. The van der Waals surface area contributed by atoms with Crippen LogP contribution in [-0.2, 0) is 4.74 Å². The summed E-state index contributed by atoms with van der Waals surface area (Å²) in [6.45, 7) is 1.57. The third-order valence-corrected chi connectivity index (χ3v) is 1.69. The number of aliphatic hydroxyl groups is 1. The minimum absolute atomic E-state index is 0.219. The van der Waals surface area contributed by atoms with Crippen molar-refractivity contribution in [1.82, 2.24) is 10.1 Å². The summed E-state index contributed by atoms with van der Waals surface area (Å²) in [6.07, 6.45) is -0.233. The first-order valence-corrected chi connectivity index (χ1v) is 3.91. The molecule has 13 heavy (non-hydrogen) atoms. The van der Waals surface area contributed by atoms with Gasteiger partial charge in [-0.05, 0) is 6.92 Å². The molecule has 0 amide bonds. The molecule has 1 heterocycles. The van der Waals surface area contributed by atoms with Gasteiger partial charge in [0.05, 0.1) is 6.61 Å². The fourth-order valence-electron chi connectivity index (χ4n) is 0.746. The van der Waals surface area contributed by atoms with Crippen molar-refractivity contribution >= 4 is 0 Å². The van der Waals surface area contributed by atoms with Gasteiger partial charge in [0.1, 0.15) is 12.1 Å². The summed E-state index contributed by atoms with van der Waals surface area (Å²) in [6, 6.07) is -0.620. The zero-order valence-electron chi connectivity index (χ0n) is 7.60. The molecular weight excluding hydrogens is 174 g/mol. The highest BCUT2D eigenvalue weighted by Gasteiger charge is 2.16. The van der Waals surface area contributed by atoms with E-state index in [1.165, 1.54) is 0 Å². The van der Waals surface area contributed by atoms with E-state index in [-0.39, 0.29) is 18.6 Å². The highest BCUT2D eigenvalue weighted by Crippen LogP contribution is 2.14. The van der Waals surface area contributed by atoms with Crippen LogP contribution in [0.1, 0.15) is 30.8 Å². The minimum atomic E-state index is -0.620. The van der Waals surface area contributed by atoms with Crippen molar-refractivity contribution in [2.45, 2.75) is 19.1 Å². The zero-order valence-corrected chi connectivity index (χ0v) is 7.60. The average Bonchev–Trinajstić information content (AvgIpc) is 2.64. The van der Waals surface area contributed by atoms with Crippen molar-refractivity contribution in [2.24, 2.45) is 5.73 Å². The molecule has 0 fully saturated rings. The lowest BCUT2D eigenvalue weighted by molar-refractivity contribution is 0.109. The number of nitrogens with two attached hydrogens (primary N) is 1. The molecule has 1 rings (SSSR count). The lowest BCUT2D eigenvalue weighted by Gasteiger charge is -2.01. The van der Waals surface area contributed by atoms with E-state index in [9.17, 15) is 0 Å². The van der Waals surface area contributed by atoms with Gasteiger partial charge in [0.2, 0.25) is 5.89 Å². The Labute approximate surface area is 75.7 Å². The number of methoxy groups -OCH3 is 1. The monoisotopic (exact) mass is 187 g/mol. The van der Waals surface area contributed by atoms with E-state index in [4.69, 9.17) is 20.1 Å². The van der Waals surface area contributed by atoms with Gasteiger partial charge in [-0.15, -0.1) is 0 Å². The van der Waals surface area contributed by atoms with E-state index in [2.05, 4.69) is 10.1 Å². The predicted octanol–water partition coefficient (Wildman–Crippen LogP) is -0.231. The molecule has 3 N–H and O–H groups in total. The molecule has 1 aromatic heterocycles.